The Hall–Kier alpha value is -2.77. The second kappa shape index (κ2) is 7.57. The molecule has 0 radical (unpaired) electrons. The average molecular weight is 430 g/mol. The number of aromatic nitrogens is 2. The Bertz CT molecular complexity index is 1250. The van der Waals surface area contributed by atoms with Gasteiger partial charge >= 0.3 is 0 Å². The van der Waals surface area contributed by atoms with E-state index in [1.165, 1.54) is 12.1 Å². The van der Waals surface area contributed by atoms with E-state index >= 15 is 0 Å². The molecule has 0 saturated heterocycles. The van der Waals surface area contributed by atoms with Gasteiger partial charge in [-0.1, -0.05) is 29.9 Å². The maximum absolute atomic E-state index is 14.1. The lowest BCUT2D eigenvalue weighted by atomic mass is 10.0. The van der Waals surface area contributed by atoms with E-state index in [9.17, 15) is 9.18 Å². The molecule has 2 aromatic heterocycles. The van der Waals surface area contributed by atoms with E-state index in [0.717, 1.165) is 33.4 Å². The van der Waals surface area contributed by atoms with Gasteiger partial charge in [-0.3, -0.25) is 10.1 Å². The van der Waals surface area contributed by atoms with Gasteiger partial charge in [0, 0.05) is 21.5 Å². The van der Waals surface area contributed by atoms with Crippen LogP contribution in [0.3, 0.4) is 0 Å². The molecule has 0 aliphatic heterocycles. The third-order valence-electron chi connectivity index (χ3n) is 4.77. The highest BCUT2D eigenvalue weighted by molar-refractivity contribution is 7.18. The predicted molar refractivity (Wildman–Crippen MR) is 113 cm³/mol. The lowest BCUT2D eigenvalue weighted by Gasteiger charge is -2.01. The van der Waals surface area contributed by atoms with E-state index in [0.29, 0.717) is 22.0 Å². The molecule has 4 aromatic rings. The Morgan fingerprint density at radius 1 is 1.21 bits per heavy atom. The number of fused-ring (bicyclic) bond motifs is 1. The quantitative estimate of drug-likeness (QED) is 0.421. The van der Waals surface area contributed by atoms with Crippen molar-refractivity contribution >= 4 is 44.9 Å². The second-order valence-corrected chi connectivity index (χ2v) is 8.10. The molecule has 0 bridgehead atoms. The first-order chi connectivity index (χ1) is 13.9. The summed E-state index contributed by atoms with van der Waals surface area (Å²) in [4.78, 5) is 12.8. The number of amides is 1. The summed E-state index contributed by atoms with van der Waals surface area (Å²) in [5.41, 5.74) is 4.03. The Kier molecular flexibility index (Phi) is 5.10. The topological polar surface area (TPSA) is 68.0 Å². The molecule has 0 unspecified atom stereocenters. The van der Waals surface area contributed by atoms with Crippen LogP contribution in [0.15, 0.2) is 34.7 Å². The van der Waals surface area contributed by atoms with E-state index in [1.807, 2.05) is 32.9 Å². The summed E-state index contributed by atoms with van der Waals surface area (Å²) in [6.45, 7) is 6.00. The fraction of sp³-hybridized carbons (Fsp3) is 0.190. The van der Waals surface area contributed by atoms with Gasteiger partial charge in [0.15, 0.2) is 10.8 Å². The molecule has 5 nitrogen and oxygen atoms in total. The van der Waals surface area contributed by atoms with Gasteiger partial charge in [-0.25, -0.2) is 4.39 Å². The van der Waals surface area contributed by atoms with Gasteiger partial charge in [-0.2, -0.15) is 0 Å². The zero-order chi connectivity index (χ0) is 20.7. The summed E-state index contributed by atoms with van der Waals surface area (Å²) >= 11 is 6.86. The van der Waals surface area contributed by atoms with Crippen LogP contribution in [0, 0.1) is 19.7 Å². The monoisotopic (exact) mass is 429 g/mol. The molecule has 29 heavy (non-hydrogen) atoms. The SMILES string of the molecule is CCc1c(C(=O)Nc2nnc(-c3ccc(Cl)cc3F)s2)oc2cc(C)c(C)cc12. The summed E-state index contributed by atoms with van der Waals surface area (Å²) in [5.74, 6) is -0.655. The number of furan rings is 1. The van der Waals surface area contributed by atoms with Gasteiger partial charge in [0.2, 0.25) is 5.13 Å². The van der Waals surface area contributed by atoms with Crippen molar-refractivity contribution in [2.24, 2.45) is 0 Å². The minimum atomic E-state index is -0.497. The van der Waals surface area contributed by atoms with Crippen molar-refractivity contribution in [1.82, 2.24) is 10.2 Å². The van der Waals surface area contributed by atoms with E-state index in [2.05, 4.69) is 15.5 Å². The minimum absolute atomic E-state index is 0.252. The number of anilines is 1. The summed E-state index contributed by atoms with van der Waals surface area (Å²) in [5, 5.41) is 12.5. The highest BCUT2D eigenvalue weighted by Crippen LogP contribution is 2.32. The number of nitrogens with one attached hydrogen (secondary N) is 1. The van der Waals surface area contributed by atoms with E-state index in [4.69, 9.17) is 16.0 Å². The lowest BCUT2D eigenvalue weighted by molar-refractivity contribution is 0.0997. The number of hydrogen-bond donors (Lipinski definition) is 1. The molecule has 1 amide bonds. The third-order valence-corrected chi connectivity index (χ3v) is 5.88. The van der Waals surface area contributed by atoms with Gasteiger partial charge in [0.05, 0.1) is 0 Å². The van der Waals surface area contributed by atoms with Crippen LogP contribution in [0.1, 0.15) is 34.2 Å². The molecule has 2 heterocycles. The van der Waals surface area contributed by atoms with Crippen LogP contribution in [0.2, 0.25) is 5.02 Å². The van der Waals surface area contributed by atoms with Gasteiger partial charge in [-0.15, -0.1) is 10.2 Å². The number of carbonyl (C=O) groups is 1. The molecule has 0 atom stereocenters. The number of benzene rings is 2. The smallest absolute Gasteiger partial charge is 0.293 e. The zero-order valence-electron chi connectivity index (χ0n) is 16.0. The van der Waals surface area contributed by atoms with Crippen LogP contribution in [0.4, 0.5) is 9.52 Å². The summed E-state index contributed by atoms with van der Waals surface area (Å²) < 4.78 is 20.0. The van der Waals surface area contributed by atoms with Crippen LogP contribution >= 0.6 is 22.9 Å². The Morgan fingerprint density at radius 2 is 1.97 bits per heavy atom. The molecule has 0 saturated carbocycles. The summed E-state index contributed by atoms with van der Waals surface area (Å²) in [7, 11) is 0. The first-order valence-electron chi connectivity index (χ1n) is 9.00. The van der Waals surface area contributed by atoms with Crippen molar-refractivity contribution in [1.29, 1.82) is 0 Å². The standard InChI is InChI=1S/C21H17ClFN3O2S/c1-4-13-15-7-10(2)11(3)8-17(15)28-18(13)19(27)24-21-26-25-20(29-21)14-6-5-12(22)9-16(14)23/h5-9H,4H2,1-3H3,(H,24,26,27). The summed E-state index contributed by atoms with van der Waals surface area (Å²) in [6, 6.07) is 8.29. The van der Waals surface area contributed by atoms with Crippen molar-refractivity contribution in [2.45, 2.75) is 27.2 Å². The van der Waals surface area contributed by atoms with E-state index < -0.39 is 11.7 Å². The molecular weight excluding hydrogens is 413 g/mol. The molecule has 8 heteroatoms. The molecule has 4 rings (SSSR count). The highest BCUT2D eigenvalue weighted by Gasteiger charge is 2.22. The third kappa shape index (κ3) is 3.63. The molecular formula is C21H17ClFN3O2S. The normalized spacial score (nSPS) is 11.2. The van der Waals surface area contributed by atoms with Crippen LogP contribution in [-0.2, 0) is 6.42 Å². The van der Waals surface area contributed by atoms with Crippen LogP contribution in [-0.4, -0.2) is 16.1 Å². The van der Waals surface area contributed by atoms with Gasteiger partial charge in [0.25, 0.3) is 5.91 Å². The zero-order valence-corrected chi connectivity index (χ0v) is 17.5. The molecule has 0 aliphatic carbocycles. The Morgan fingerprint density at radius 3 is 2.69 bits per heavy atom. The molecule has 0 fully saturated rings. The van der Waals surface area contributed by atoms with E-state index in [1.54, 1.807) is 6.07 Å². The number of halogens is 2. The maximum Gasteiger partial charge on any atom is 0.293 e. The Balaban J connectivity index is 1.64. The number of rotatable bonds is 4. The average Bonchev–Trinajstić information content (AvgIpc) is 3.26. The lowest BCUT2D eigenvalue weighted by Crippen LogP contribution is -2.12. The second-order valence-electron chi connectivity index (χ2n) is 6.69. The van der Waals surface area contributed by atoms with Crippen molar-refractivity contribution in [3.63, 3.8) is 0 Å². The number of aryl methyl sites for hydroxylation is 3. The van der Waals surface area contributed by atoms with Crippen molar-refractivity contribution in [3.8, 4) is 10.6 Å². The minimum Gasteiger partial charge on any atom is -0.451 e. The van der Waals surface area contributed by atoms with Gasteiger partial charge in [-0.05, 0) is 61.7 Å². The predicted octanol–water partition coefficient (Wildman–Crippen LogP) is 6.18. The van der Waals surface area contributed by atoms with Crippen LogP contribution in [0.25, 0.3) is 21.5 Å². The van der Waals surface area contributed by atoms with Crippen molar-refractivity contribution < 1.29 is 13.6 Å². The molecule has 148 valence electrons. The van der Waals surface area contributed by atoms with Crippen molar-refractivity contribution in [2.75, 3.05) is 5.32 Å². The maximum atomic E-state index is 14.1. The fourth-order valence-electron chi connectivity index (χ4n) is 3.14. The van der Waals surface area contributed by atoms with Gasteiger partial charge < -0.3 is 4.42 Å². The van der Waals surface area contributed by atoms with Gasteiger partial charge in [0.1, 0.15) is 11.4 Å². The van der Waals surface area contributed by atoms with Crippen LogP contribution in [0.5, 0.6) is 0 Å². The molecule has 1 N–H and O–H groups in total. The highest BCUT2D eigenvalue weighted by atomic mass is 35.5. The number of hydrogen-bond acceptors (Lipinski definition) is 5. The number of carbonyl (C=O) groups excluding carboxylic acids is 1. The molecule has 0 spiro atoms. The fourth-order valence-corrected chi connectivity index (χ4v) is 4.06. The first-order valence-corrected chi connectivity index (χ1v) is 10.2. The first kappa shape index (κ1) is 19.5. The molecule has 2 aromatic carbocycles. The van der Waals surface area contributed by atoms with Crippen LogP contribution < -0.4 is 5.32 Å². The van der Waals surface area contributed by atoms with E-state index in [-0.39, 0.29) is 16.5 Å². The largest absolute Gasteiger partial charge is 0.451 e. The number of nitrogens with zero attached hydrogens (tertiary/aromatic N) is 2. The Labute approximate surface area is 175 Å². The molecule has 0 aliphatic rings. The van der Waals surface area contributed by atoms with Crippen molar-refractivity contribution in [3.05, 3.63) is 63.6 Å². The summed E-state index contributed by atoms with van der Waals surface area (Å²) in [6.07, 6.45) is 0.648.